The Kier molecular flexibility index (Phi) is 3.01. The van der Waals surface area contributed by atoms with Crippen LogP contribution in [0, 0.1) is 6.92 Å². The smallest absolute Gasteiger partial charge is 0.138 e. The number of aliphatic hydroxyl groups excluding tert-OH is 1. The number of furan rings is 1. The average Bonchev–Trinajstić information content (AvgIpc) is 2.80. The lowest BCUT2D eigenvalue weighted by Crippen LogP contribution is -1.98. The van der Waals surface area contributed by atoms with Gasteiger partial charge in [0.15, 0.2) is 0 Å². The molecule has 0 spiro atoms. The van der Waals surface area contributed by atoms with Crippen LogP contribution >= 0.6 is 11.6 Å². The molecule has 0 amide bonds. The second-order valence-corrected chi connectivity index (χ2v) is 4.97. The molecule has 96 valence electrons. The van der Waals surface area contributed by atoms with Crippen molar-refractivity contribution in [3.8, 4) is 0 Å². The maximum absolute atomic E-state index is 10.3. The first-order chi connectivity index (χ1) is 9.13. The molecule has 0 aliphatic carbocycles. The molecule has 0 saturated heterocycles. The molecule has 3 aromatic rings. The Balaban J connectivity index is 2.04. The first-order valence-corrected chi connectivity index (χ1v) is 6.30. The highest BCUT2D eigenvalue weighted by molar-refractivity contribution is 6.31. The fourth-order valence-electron chi connectivity index (χ4n) is 2.06. The van der Waals surface area contributed by atoms with Crippen LogP contribution in [0.15, 0.2) is 47.1 Å². The van der Waals surface area contributed by atoms with Gasteiger partial charge >= 0.3 is 0 Å². The SMILES string of the molecule is Cc1cncc(C(O)c2cc3cc(Cl)ccc3o2)c1. The third-order valence-corrected chi connectivity index (χ3v) is 3.21. The van der Waals surface area contributed by atoms with E-state index in [1.807, 2.05) is 19.1 Å². The van der Waals surface area contributed by atoms with Crippen molar-refractivity contribution in [3.63, 3.8) is 0 Å². The molecule has 4 heteroatoms. The second-order valence-electron chi connectivity index (χ2n) is 4.53. The van der Waals surface area contributed by atoms with E-state index >= 15 is 0 Å². The van der Waals surface area contributed by atoms with E-state index in [0.29, 0.717) is 21.9 Å². The van der Waals surface area contributed by atoms with Gasteiger partial charge in [0.2, 0.25) is 0 Å². The van der Waals surface area contributed by atoms with E-state index in [1.165, 1.54) is 0 Å². The molecule has 0 aliphatic heterocycles. The van der Waals surface area contributed by atoms with Crippen molar-refractivity contribution >= 4 is 22.6 Å². The Bertz CT molecular complexity index is 736. The highest BCUT2D eigenvalue weighted by Gasteiger charge is 2.16. The lowest BCUT2D eigenvalue weighted by Gasteiger charge is -2.07. The van der Waals surface area contributed by atoms with Crippen LogP contribution in [0.3, 0.4) is 0 Å². The van der Waals surface area contributed by atoms with Gasteiger partial charge in [-0.15, -0.1) is 0 Å². The summed E-state index contributed by atoms with van der Waals surface area (Å²) in [6, 6.07) is 9.05. The first kappa shape index (κ1) is 12.2. The van der Waals surface area contributed by atoms with E-state index in [0.717, 1.165) is 10.9 Å². The van der Waals surface area contributed by atoms with Crippen LogP contribution < -0.4 is 0 Å². The number of aliphatic hydroxyl groups is 1. The molecule has 1 atom stereocenters. The maximum Gasteiger partial charge on any atom is 0.138 e. The number of hydrogen-bond acceptors (Lipinski definition) is 3. The first-order valence-electron chi connectivity index (χ1n) is 5.92. The minimum atomic E-state index is -0.821. The second kappa shape index (κ2) is 4.68. The molecule has 1 N–H and O–H groups in total. The zero-order valence-electron chi connectivity index (χ0n) is 10.3. The van der Waals surface area contributed by atoms with Crippen molar-refractivity contribution in [2.45, 2.75) is 13.0 Å². The molecule has 1 unspecified atom stereocenters. The molecular formula is C15H12ClNO2. The molecule has 3 nitrogen and oxygen atoms in total. The molecule has 2 heterocycles. The van der Waals surface area contributed by atoms with E-state index in [4.69, 9.17) is 16.0 Å². The number of benzene rings is 1. The highest BCUT2D eigenvalue weighted by Crippen LogP contribution is 2.29. The largest absolute Gasteiger partial charge is 0.458 e. The van der Waals surface area contributed by atoms with E-state index in [1.54, 1.807) is 30.6 Å². The Morgan fingerprint density at radius 1 is 1.21 bits per heavy atom. The Morgan fingerprint density at radius 2 is 2.05 bits per heavy atom. The Labute approximate surface area is 115 Å². The zero-order valence-corrected chi connectivity index (χ0v) is 11.1. The summed E-state index contributed by atoms with van der Waals surface area (Å²) in [7, 11) is 0. The van der Waals surface area contributed by atoms with Crippen molar-refractivity contribution in [2.24, 2.45) is 0 Å². The normalized spacial score (nSPS) is 12.8. The Morgan fingerprint density at radius 3 is 2.84 bits per heavy atom. The third kappa shape index (κ3) is 2.35. The van der Waals surface area contributed by atoms with E-state index in [9.17, 15) is 5.11 Å². The summed E-state index contributed by atoms with van der Waals surface area (Å²) in [6.07, 6.45) is 2.56. The van der Waals surface area contributed by atoms with Gasteiger partial charge in [-0.25, -0.2) is 0 Å². The van der Waals surface area contributed by atoms with Crippen LogP contribution in [-0.2, 0) is 0 Å². The monoisotopic (exact) mass is 273 g/mol. The molecule has 19 heavy (non-hydrogen) atoms. The lowest BCUT2D eigenvalue weighted by atomic mass is 10.1. The highest BCUT2D eigenvalue weighted by atomic mass is 35.5. The molecule has 0 bridgehead atoms. The summed E-state index contributed by atoms with van der Waals surface area (Å²) in [5.74, 6) is 0.490. The number of halogens is 1. The average molecular weight is 274 g/mol. The zero-order chi connectivity index (χ0) is 13.4. The number of pyridine rings is 1. The van der Waals surface area contributed by atoms with Gasteiger partial charge in [-0.1, -0.05) is 11.6 Å². The Hall–Kier alpha value is -1.84. The van der Waals surface area contributed by atoms with E-state index in [2.05, 4.69) is 4.98 Å². The number of fused-ring (bicyclic) bond motifs is 1. The summed E-state index contributed by atoms with van der Waals surface area (Å²) >= 11 is 5.93. The molecule has 0 saturated carbocycles. The number of aromatic nitrogens is 1. The van der Waals surface area contributed by atoms with Crippen molar-refractivity contribution in [1.82, 2.24) is 4.98 Å². The van der Waals surface area contributed by atoms with Gasteiger partial charge in [0.1, 0.15) is 17.4 Å². The number of rotatable bonds is 2. The van der Waals surface area contributed by atoms with Crippen molar-refractivity contribution in [3.05, 3.63) is 64.6 Å². The van der Waals surface area contributed by atoms with Crippen molar-refractivity contribution in [1.29, 1.82) is 0 Å². The molecule has 3 rings (SSSR count). The molecule has 0 radical (unpaired) electrons. The number of hydrogen-bond donors (Lipinski definition) is 1. The van der Waals surface area contributed by atoms with Gasteiger partial charge in [0.25, 0.3) is 0 Å². The van der Waals surface area contributed by atoms with Crippen LogP contribution in [0.2, 0.25) is 5.02 Å². The predicted octanol–water partition coefficient (Wildman–Crippen LogP) is 3.87. The standard InChI is InChI=1S/C15H12ClNO2/c1-9-4-11(8-17-7-9)15(18)14-6-10-5-12(16)2-3-13(10)19-14/h2-8,15,18H,1H3. The van der Waals surface area contributed by atoms with Gasteiger partial charge in [0.05, 0.1) is 0 Å². The quantitative estimate of drug-likeness (QED) is 0.771. The van der Waals surface area contributed by atoms with Crippen LogP contribution in [0.25, 0.3) is 11.0 Å². The summed E-state index contributed by atoms with van der Waals surface area (Å²) < 4.78 is 5.64. The third-order valence-electron chi connectivity index (χ3n) is 2.98. The fourth-order valence-corrected chi connectivity index (χ4v) is 2.24. The number of aryl methyl sites for hydroxylation is 1. The van der Waals surface area contributed by atoms with Crippen LogP contribution in [0.1, 0.15) is 23.0 Å². The topological polar surface area (TPSA) is 46.3 Å². The van der Waals surface area contributed by atoms with Gasteiger partial charge in [0, 0.05) is 28.4 Å². The molecular weight excluding hydrogens is 262 g/mol. The molecule has 2 aromatic heterocycles. The van der Waals surface area contributed by atoms with Crippen molar-refractivity contribution in [2.75, 3.05) is 0 Å². The lowest BCUT2D eigenvalue weighted by molar-refractivity contribution is 0.192. The summed E-state index contributed by atoms with van der Waals surface area (Å²) in [6.45, 7) is 1.93. The molecule has 1 aromatic carbocycles. The summed E-state index contributed by atoms with van der Waals surface area (Å²) in [5.41, 5.74) is 2.42. The number of nitrogens with zero attached hydrogens (tertiary/aromatic N) is 1. The minimum Gasteiger partial charge on any atom is -0.458 e. The van der Waals surface area contributed by atoms with Gasteiger partial charge < -0.3 is 9.52 Å². The molecule has 0 aliphatic rings. The fraction of sp³-hybridized carbons (Fsp3) is 0.133. The maximum atomic E-state index is 10.3. The summed E-state index contributed by atoms with van der Waals surface area (Å²) in [5, 5.41) is 11.8. The van der Waals surface area contributed by atoms with Gasteiger partial charge in [-0.2, -0.15) is 0 Å². The van der Waals surface area contributed by atoms with E-state index < -0.39 is 6.10 Å². The van der Waals surface area contributed by atoms with Gasteiger partial charge in [-0.3, -0.25) is 4.98 Å². The van der Waals surface area contributed by atoms with Crippen LogP contribution in [0.5, 0.6) is 0 Å². The predicted molar refractivity (Wildman–Crippen MR) is 74.3 cm³/mol. The van der Waals surface area contributed by atoms with Crippen LogP contribution in [-0.4, -0.2) is 10.1 Å². The van der Waals surface area contributed by atoms with Gasteiger partial charge in [-0.05, 0) is 42.8 Å². The minimum absolute atomic E-state index is 0.490. The van der Waals surface area contributed by atoms with Crippen LogP contribution in [0.4, 0.5) is 0 Å². The molecule has 0 fully saturated rings. The van der Waals surface area contributed by atoms with Crippen molar-refractivity contribution < 1.29 is 9.52 Å². The summed E-state index contributed by atoms with van der Waals surface area (Å²) in [4.78, 5) is 4.08. The van der Waals surface area contributed by atoms with E-state index in [-0.39, 0.29) is 0 Å².